The zero-order valence-corrected chi connectivity index (χ0v) is 11.9. The fraction of sp³-hybridized carbons (Fsp3) is 0.400. The molecule has 0 unspecified atom stereocenters. The Labute approximate surface area is 121 Å². The lowest BCUT2D eigenvalue weighted by Crippen LogP contribution is -2.39. The molecule has 0 saturated heterocycles. The second-order valence-corrected chi connectivity index (χ2v) is 5.15. The highest BCUT2D eigenvalue weighted by Gasteiger charge is 2.32. The van der Waals surface area contributed by atoms with Gasteiger partial charge in [-0.3, -0.25) is 0 Å². The van der Waals surface area contributed by atoms with Crippen molar-refractivity contribution in [2.24, 2.45) is 0 Å². The van der Waals surface area contributed by atoms with Crippen LogP contribution in [0.5, 0.6) is 0 Å². The summed E-state index contributed by atoms with van der Waals surface area (Å²) in [6, 6.07) is 8.26. The summed E-state index contributed by atoms with van der Waals surface area (Å²) in [5.41, 5.74) is 1.15. The van der Waals surface area contributed by atoms with Crippen LogP contribution in [-0.2, 0) is 6.61 Å². The zero-order chi connectivity index (χ0) is 15.6. The molecule has 0 atom stereocenters. The first-order valence-electron chi connectivity index (χ1n) is 6.64. The van der Waals surface area contributed by atoms with E-state index in [0.717, 1.165) is 5.39 Å². The molecule has 0 fully saturated rings. The average molecular weight is 298 g/mol. The van der Waals surface area contributed by atoms with Crippen LogP contribution in [0.25, 0.3) is 10.9 Å². The van der Waals surface area contributed by atoms with E-state index in [1.54, 1.807) is 38.1 Å². The molecular formula is C15H17F3N2O. The van der Waals surface area contributed by atoms with Gasteiger partial charge in [0.05, 0.1) is 12.1 Å². The van der Waals surface area contributed by atoms with Crippen molar-refractivity contribution in [3.05, 3.63) is 35.9 Å². The zero-order valence-electron chi connectivity index (χ0n) is 11.9. The van der Waals surface area contributed by atoms with Gasteiger partial charge in [0.2, 0.25) is 0 Å². The van der Waals surface area contributed by atoms with E-state index in [1.165, 1.54) is 11.0 Å². The van der Waals surface area contributed by atoms with E-state index in [4.69, 9.17) is 0 Å². The lowest BCUT2D eigenvalue weighted by atomic mass is 10.1. The molecule has 2 rings (SSSR count). The van der Waals surface area contributed by atoms with Gasteiger partial charge >= 0.3 is 6.18 Å². The van der Waals surface area contributed by atoms with Crippen molar-refractivity contribution in [2.75, 3.05) is 11.4 Å². The Hall–Kier alpha value is -1.82. The number of fused-ring (bicyclic) bond motifs is 1. The molecule has 0 aliphatic heterocycles. The summed E-state index contributed by atoms with van der Waals surface area (Å²) >= 11 is 0. The number of nitrogens with zero attached hydrogens (tertiary/aromatic N) is 2. The van der Waals surface area contributed by atoms with Crippen LogP contribution in [0, 0.1) is 0 Å². The molecule has 0 aliphatic rings. The van der Waals surface area contributed by atoms with Crippen molar-refractivity contribution in [3.63, 3.8) is 0 Å². The molecular weight excluding hydrogens is 281 g/mol. The van der Waals surface area contributed by atoms with Gasteiger partial charge in [0.15, 0.2) is 0 Å². The molecule has 0 bridgehead atoms. The van der Waals surface area contributed by atoms with Crippen LogP contribution < -0.4 is 4.90 Å². The number of hydrogen-bond acceptors (Lipinski definition) is 3. The Morgan fingerprint density at radius 1 is 1.24 bits per heavy atom. The predicted octanol–water partition coefficient (Wildman–Crippen LogP) is 3.50. The van der Waals surface area contributed by atoms with Crippen LogP contribution in [-0.4, -0.2) is 28.9 Å². The van der Waals surface area contributed by atoms with Gasteiger partial charge in [0.1, 0.15) is 12.4 Å². The van der Waals surface area contributed by atoms with Gasteiger partial charge in [0, 0.05) is 11.4 Å². The largest absolute Gasteiger partial charge is 0.405 e. The van der Waals surface area contributed by atoms with Crippen LogP contribution in [0.4, 0.5) is 19.0 Å². The molecule has 0 spiro atoms. The molecule has 0 saturated carbocycles. The Morgan fingerprint density at radius 2 is 1.90 bits per heavy atom. The molecule has 6 heteroatoms. The molecule has 21 heavy (non-hydrogen) atoms. The number of halogens is 3. The second-order valence-electron chi connectivity index (χ2n) is 5.15. The lowest BCUT2D eigenvalue weighted by molar-refractivity contribution is -0.120. The highest BCUT2D eigenvalue weighted by Crippen LogP contribution is 2.27. The predicted molar refractivity (Wildman–Crippen MR) is 76.2 cm³/mol. The van der Waals surface area contributed by atoms with Gasteiger partial charge in [-0.05, 0) is 31.5 Å². The summed E-state index contributed by atoms with van der Waals surface area (Å²) in [6.07, 6.45) is -4.31. The summed E-state index contributed by atoms with van der Waals surface area (Å²) in [6.45, 7) is 2.05. The third kappa shape index (κ3) is 3.64. The molecule has 3 nitrogen and oxygen atoms in total. The maximum Gasteiger partial charge on any atom is 0.405 e. The van der Waals surface area contributed by atoms with Crippen molar-refractivity contribution < 1.29 is 18.3 Å². The Balaban J connectivity index is 2.52. The first-order chi connectivity index (χ1) is 9.81. The summed E-state index contributed by atoms with van der Waals surface area (Å²) in [5.74, 6) is 0.227. The summed E-state index contributed by atoms with van der Waals surface area (Å²) < 4.78 is 38.2. The van der Waals surface area contributed by atoms with E-state index in [9.17, 15) is 18.3 Å². The molecule has 2 aromatic rings. The minimum atomic E-state index is -4.31. The van der Waals surface area contributed by atoms with Crippen LogP contribution in [0.2, 0.25) is 0 Å². The van der Waals surface area contributed by atoms with Gasteiger partial charge in [-0.2, -0.15) is 13.2 Å². The minimum absolute atomic E-state index is 0.227. The van der Waals surface area contributed by atoms with Crippen molar-refractivity contribution >= 4 is 16.7 Å². The first kappa shape index (κ1) is 15.6. The second kappa shape index (κ2) is 5.89. The minimum Gasteiger partial charge on any atom is -0.392 e. The highest BCUT2D eigenvalue weighted by atomic mass is 19.4. The van der Waals surface area contributed by atoms with E-state index in [1.807, 2.05) is 0 Å². The molecule has 0 radical (unpaired) electrons. The van der Waals surface area contributed by atoms with E-state index in [-0.39, 0.29) is 18.5 Å². The number of aromatic nitrogens is 1. The maximum atomic E-state index is 12.7. The first-order valence-corrected chi connectivity index (χ1v) is 6.64. The number of para-hydroxylation sites is 1. The number of anilines is 1. The van der Waals surface area contributed by atoms with Crippen LogP contribution in [0.1, 0.15) is 19.4 Å². The number of benzene rings is 1. The third-order valence-corrected chi connectivity index (χ3v) is 3.23. The number of rotatable bonds is 4. The maximum absolute atomic E-state index is 12.7. The number of alkyl halides is 3. The summed E-state index contributed by atoms with van der Waals surface area (Å²) in [7, 11) is 0. The average Bonchev–Trinajstić information content (AvgIpc) is 2.42. The van der Waals surface area contributed by atoms with E-state index in [2.05, 4.69) is 4.98 Å². The normalized spacial score (nSPS) is 12.1. The number of hydrogen-bond donors (Lipinski definition) is 1. The Bertz CT molecular complexity index is 626. The van der Waals surface area contributed by atoms with Crippen LogP contribution >= 0.6 is 0 Å². The molecule has 0 amide bonds. The quantitative estimate of drug-likeness (QED) is 0.938. The standard InChI is InChI=1S/C15H17F3N2O/c1-10(2)20(9-15(16,17)18)14-7-11(8-21)12-5-3-4-6-13(12)19-14/h3-7,10,21H,8-9H2,1-2H3. The number of aliphatic hydroxyl groups is 1. The van der Waals surface area contributed by atoms with Gasteiger partial charge in [0.25, 0.3) is 0 Å². The van der Waals surface area contributed by atoms with E-state index >= 15 is 0 Å². The smallest absolute Gasteiger partial charge is 0.392 e. The molecule has 114 valence electrons. The molecule has 1 aromatic heterocycles. The van der Waals surface area contributed by atoms with Gasteiger partial charge in [-0.25, -0.2) is 4.98 Å². The molecule has 1 N–H and O–H groups in total. The molecule has 1 heterocycles. The topological polar surface area (TPSA) is 36.4 Å². The van der Waals surface area contributed by atoms with Crippen LogP contribution in [0.3, 0.4) is 0 Å². The third-order valence-electron chi connectivity index (χ3n) is 3.23. The summed E-state index contributed by atoms with van der Waals surface area (Å²) in [5, 5.41) is 10.2. The van der Waals surface area contributed by atoms with Crippen molar-refractivity contribution in [1.29, 1.82) is 0 Å². The van der Waals surface area contributed by atoms with Gasteiger partial charge < -0.3 is 10.0 Å². The Kier molecular flexibility index (Phi) is 4.37. The monoisotopic (exact) mass is 298 g/mol. The van der Waals surface area contributed by atoms with Gasteiger partial charge in [-0.1, -0.05) is 18.2 Å². The number of aliphatic hydroxyl groups excluding tert-OH is 1. The van der Waals surface area contributed by atoms with Crippen LogP contribution in [0.15, 0.2) is 30.3 Å². The number of pyridine rings is 1. The Morgan fingerprint density at radius 3 is 2.48 bits per heavy atom. The molecule has 1 aromatic carbocycles. The lowest BCUT2D eigenvalue weighted by Gasteiger charge is -2.29. The van der Waals surface area contributed by atoms with E-state index in [0.29, 0.717) is 11.1 Å². The van der Waals surface area contributed by atoms with Crippen molar-refractivity contribution in [2.45, 2.75) is 32.7 Å². The van der Waals surface area contributed by atoms with E-state index < -0.39 is 12.7 Å². The summed E-state index contributed by atoms with van der Waals surface area (Å²) in [4.78, 5) is 5.49. The van der Waals surface area contributed by atoms with Crippen molar-refractivity contribution in [1.82, 2.24) is 4.98 Å². The highest BCUT2D eigenvalue weighted by molar-refractivity contribution is 5.84. The fourth-order valence-electron chi connectivity index (χ4n) is 2.23. The van der Waals surface area contributed by atoms with Gasteiger partial charge in [-0.15, -0.1) is 0 Å². The van der Waals surface area contributed by atoms with Crippen molar-refractivity contribution in [3.8, 4) is 0 Å². The molecule has 0 aliphatic carbocycles. The SMILES string of the molecule is CC(C)N(CC(F)(F)F)c1cc(CO)c2ccccc2n1. The fourth-order valence-corrected chi connectivity index (χ4v) is 2.23.